The Kier molecular flexibility index (Phi) is 10.7. The smallest absolute Gasteiger partial charge is 0.302 e. The van der Waals surface area contributed by atoms with E-state index in [1.807, 2.05) is 13.8 Å². The lowest BCUT2D eigenvalue weighted by Gasteiger charge is -2.30. The molecule has 0 bridgehead atoms. The minimum absolute atomic E-state index is 0.211. The topological polar surface area (TPSA) is 44.8 Å². The number of esters is 1. The fourth-order valence-electron chi connectivity index (χ4n) is 2.87. The Labute approximate surface area is 136 Å². The van der Waals surface area contributed by atoms with Crippen LogP contribution in [0.25, 0.3) is 0 Å². The minimum atomic E-state index is -0.340. The molecule has 0 radical (unpaired) electrons. The maximum atomic E-state index is 9.82. The molecular formula is C18H36O4. The summed E-state index contributed by atoms with van der Waals surface area (Å²) < 4.78 is 16.2. The van der Waals surface area contributed by atoms with Crippen LogP contribution in [0.5, 0.6) is 0 Å². The fraction of sp³-hybridized carbons (Fsp3) is 0.944. The summed E-state index contributed by atoms with van der Waals surface area (Å²) in [6, 6.07) is 0. The van der Waals surface area contributed by atoms with Gasteiger partial charge in [-0.3, -0.25) is 4.79 Å². The maximum absolute atomic E-state index is 9.82. The molecule has 1 saturated carbocycles. The third-order valence-electron chi connectivity index (χ3n) is 3.62. The van der Waals surface area contributed by atoms with Gasteiger partial charge in [0.05, 0.1) is 18.8 Å². The maximum Gasteiger partial charge on any atom is 0.302 e. The van der Waals surface area contributed by atoms with Gasteiger partial charge in [-0.05, 0) is 39.5 Å². The molecule has 22 heavy (non-hydrogen) atoms. The van der Waals surface area contributed by atoms with E-state index in [2.05, 4.69) is 25.5 Å². The van der Waals surface area contributed by atoms with E-state index in [4.69, 9.17) is 9.47 Å². The van der Waals surface area contributed by atoms with E-state index in [0.29, 0.717) is 18.8 Å². The van der Waals surface area contributed by atoms with Crippen molar-refractivity contribution < 1.29 is 19.0 Å². The van der Waals surface area contributed by atoms with Crippen LogP contribution in [0.4, 0.5) is 0 Å². The largest absolute Gasteiger partial charge is 0.466 e. The van der Waals surface area contributed by atoms with Gasteiger partial charge < -0.3 is 14.2 Å². The van der Waals surface area contributed by atoms with Gasteiger partial charge in [0.2, 0.25) is 0 Å². The van der Waals surface area contributed by atoms with Crippen molar-refractivity contribution in [3.05, 3.63) is 0 Å². The average Bonchev–Trinajstić information content (AvgIpc) is 2.73. The van der Waals surface area contributed by atoms with Crippen LogP contribution >= 0.6 is 0 Å². The summed E-state index contributed by atoms with van der Waals surface area (Å²) in [7, 11) is 0. The van der Waals surface area contributed by atoms with Crippen molar-refractivity contribution in [3.63, 3.8) is 0 Å². The molecule has 0 aromatic rings. The molecule has 3 atom stereocenters. The molecule has 0 aromatic heterocycles. The molecule has 2 fully saturated rings. The second kappa shape index (κ2) is 11.0. The van der Waals surface area contributed by atoms with Crippen molar-refractivity contribution in [3.8, 4) is 0 Å². The van der Waals surface area contributed by atoms with E-state index >= 15 is 0 Å². The van der Waals surface area contributed by atoms with Crippen molar-refractivity contribution in [1.29, 1.82) is 0 Å². The standard InChI is InChI=1S/C11H20O2.C4H8O2.C3H8/c1-4-8-6-5-7-9-10(8)13-11(2,3)12-9;1-3-6-4(2)5;1-3-2/h8-10H,4-7H2,1-3H3;3H2,1-2H3;3H2,1-2H3. The summed E-state index contributed by atoms with van der Waals surface area (Å²) in [5.41, 5.74) is 0. The molecule has 1 aliphatic carbocycles. The monoisotopic (exact) mass is 316 g/mol. The fourth-order valence-corrected chi connectivity index (χ4v) is 2.87. The summed E-state index contributed by atoms with van der Waals surface area (Å²) in [6.07, 6.45) is 7.02. The van der Waals surface area contributed by atoms with Gasteiger partial charge in [0.15, 0.2) is 5.79 Å². The van der Waals surface area contributed by atoms with Crippen LogP contribution in [0.2, 0.25) is 0 Å². The highest BCUT2D eigenvalue weighted by Crippen LogP contribution is 2.40. The summed E-state index contributed by atoms with van der Waals surface area (Å²) in [6.45, 7) is 14.2. The molecule has 0 N–H and O–H groups in total. The highest BCUT2D eigenvalue weighted by atomic mass is 16.8. The average molecular weight is 316 g/mol. The molecule has 0 spiro atoms. The minimum Gasteiger partial charge on any atom is -0.466 e. The molecule has 1 aliphatic heterocycles. The Hall–Kier alpha value is -0.610. The molecule has 3 unspecified atom stereocenters. The summed E-state index contributed by atoms with van der Waals surface area (Å²) in [5, 5.41) is 0. The molecule has 0 amide bonds. The Balaban J connectivity index is 0.000000414. The zero-order valence-electron chi connectivity index (χ0n) is 15.6. The van der Waals surface area contributed by atoms with Crippen LogP contribution in [0, 0.1) is 5.92 Å². The molecule has 132 valence electrons. The quantitative estimate of drug-likeness (QED) is 0.693. The molecule has 4 nitrogen and oxygen atoms in total. The number of ether oxygens (including phenoxy) is 3. The number of hydrogen-bond donors (Lipinski definition) is 0. The number of rotatable bonds is 2. The molecule has 1 saturated heterocycles. The Morgan fingerprint density at radius 2 is 1.73 bits per heavy atom. The highest BCUT2D eigenvalue weighted by molar-refractivity contribution is 5.65. The summed E-state index contributed by atoms with van der Waals surface area (Å²) in [4.78, 5) is 9.82. The SMILES string of the molecule is CCC.CCC1CCCC2OC(C)(C)OC12.CCOC(C)=O. The number of fused-ring (bicyclic) bond motifs is 1. The molecule has 2 aliphatic rings. The Bertz CT molecular complexity index is 301. The van der Waals surface area contributed by atoms with Gasteiger partial charge in [-0.1, -0.05) is 40.0 Å². The van der Waals surface area contributed by atoms with E-state index in [1.165, 1.54) is 39.0 Å². The summed E-state index contributed by atoms with van der Waals surface area (Å²) in [5.74, 6) is 0.172. The van der Waals surface area contributed by atoms with Gasteiger partial charge in [0, 0.05) is 6.92 Å². The van der Waals surface area contributed by atoms with Gasteiger partial charge in [0.1, 0.15) is 0 Å². The predicted octanol–water partition coefficient (Wildman–Crippen LogP) is 4.70. The van der Waals surface area contributed by atoms with Crippen molar-refractivity contribution in [2.45, 2.75) is 98.6 Å². The number of carbonyl (C=O) groups is 1. The first-order chi connectivity index (χ1) is 10.3. The van der Waals surface area contributed by atoms with Crippen molar-refractivity contribution in [2.75, 3.05) is 6.61 Å². The highest BCUT2D eigenvalue weighted by Gasteiger charge is 2.45. The number of hydrogen-bond acceptors (Lipinski definition) is 4. The van der Waals surface area contributed by atoms with Crippen molar-refractivity contribution in [1.82, 2.24) is 0 Å². The lowest BCUT2D eigenvalue weighted by atomic mass is 9.83. The van der Waals surface area contributed by atoms with E-state index in [-0.39, 0.29) is 11.8 Å². The van der Waals surface area contributed by atoms with Gasteiger partial charge in [-0.25, -0.2) is 0 Å². The van der Waals surface area contributed by atoms with Crippen LogP contribution in [-0.4, -0.2) is 30.6 Å². The van der Waals surface area contributed by atoms with Crippen LogP contribution < -0.4 is 0 Å². The zero-order valence-corrected chi connectivity index (χ0v) is 15.6. The second-order valence-electron chi connectivity index (χ2n) is 6.37. The third kappa shape index (κ3) is 8.14. The Morgan fingerprint density at radius 3 is 2.14 bits per heavy atom. The first-order valence-corrected chi connectivity index (χ1v) is 8.80. The van der Waals surface area contributed by atoms with E-state index in [1.54, 1.807) is 6.92 Å². The molecule has 2 rings (SSSR count). The van der Waals surface area contributed by atoms with E-state index in [9.17, 15) is 4.79 Å². The summed E-state index contributed by atoms with van der Waals surface area (Å²) >= 11 is 0. The van der Waals surface area contributed by atoms with Crippen molar-refractivity contribution >= 4 is 5.97 Å². The lowest BCUT2D eigenvalue weighted by molar-refractivity contribution is -0.149. The van der Waals surface area contributed by atoms with Gasteiger partial charge >= 0.3 is 5.97 Å². The second-order valence-corrected chi connectivity index (χ2v) is 6.37. The zero-order chi connectivity index (χ0) is 17.2. The van der Waals surface area contributed by atoms with E-state index in [0.717, 1.165) is 5.92 Å². The van der Waals surface area contributed by atoms with Gasteiger partial charge in [-0.2, -0.15) is 0 Å². The molecule has 0 aromatic carbocycles. The number of carbonyl (C=O) groups excluding carboxylic acids is 1. The molecular weight excluding hydrogens is 280 g/mol. The van der Waals surface area contributed by atoms with Crippen LogP contribution in [0.3, 0.4) is 0 Å². The first-order valence-electron chi connectivity index (χ1n) is 8.80. The van der Waals surface area contributed by atoms with E-state index < -0.39 is 0 Å². The molecule has 4 heteroatoms. The van der Waals surface area contributed by atoms with Crippen molar-refractivity contribution in [2.24, 2.45) is 5.92 Å². The van der Waals surface area contributed by atoms with Crippen LogP contribution in [0.1, 0.15) is 80.6 Å². The van der Waals surface area contributed by atoms with Gasteiger partial charge in [0.25, 0.3) is 0 Å². The van der Waals surface area contributed by atoms with Crippen LogP contribution in [0.15, 0.2) is 0 Å². The van der Waals surface area contributed by atoms with Crippen LogP contribution in [-0.2, 0) is 19.0 Å². The lowest BCUT2D eigenvalue weighted by Crippen LogP contribution is -2.34. The molecule has 1 heterocycles. The predicted molar refractivity (Wildman–Crippen MR) is 89.7 cm³/mol. The Morgan fingerprint density at radius 1 is 1.14 bits per heavy atom. The first kappa shape index (κ1) is 21.4. The third-order valence-corrected chi connectivity index (χ3v) is 3.62. The van der Waals surface area contributed by atoms with Gasteiger partial charge in [-0.15, -0.1) is 0 Å². The normalized spacial score (nSPS) is 28.4.